The van der Waals surface area contributed by atoms with Gasteiger partial charge in [0.15, 0.2) is 0 Å². The number of allylic oxidation sites excluding steroid dienone is 3. The second-order valence-corrected chi connectivity index (χ2v) is 5.52. The summed E-state index contributed by atoms with van der Waals surface area (Å²) < 4.78 is 11.7. The summed E-state index contributed by atoms with van der Waals surface area (Å²) in [6.07, 6.45) is 5.02. The number of epoxide rings is 1. The minimum Gasteiger partial charge on any atom is -0.362 e. The molecule has 17 heavy (non-hydrogen) atoms. The normalized spacial score (nSPS) is 45.7. The van der Waals surface area contributed by atoms with Crippen molar-refractivity contribution in [3.8, 4) is 0 Å². The van der Waals surface area contributed by atoms with Crippen molar-refractivity contribution >= 4 is 6.29 Å². The Bertz CT molecular complexity index is 410. The van der Waals surface area contributed by atoms with E-state index in [1.807, 2.05) is 26.8 Å². The minimum atomic E-state index is -0.377. The van der Waals surface area contributed by atoms with Crippen LogP contribution < -0.4 is 0 Å². The van der Waals surface area contributed by atoms with E-state index in [2.05, 4.69) is 13.0 Å². The van der Waals surface area contributed by atoms with Crippen LogP contribution in [0.4, 0.5) is 0 Å². The van der Waals surface area contributed by atoms with E-state index in [1.54, 1.807) is 6.92 Å². The van der Waals surface area contributed by atoms with Crippen LogP contribution in [0.3, 0.4) is 0 Å². The third kappa shape index (κ3) is 1.98. The fourth-order valence-electron chi connectivity index (χ4n) is 2.77. The van der Waals surface area contributed by atoms with Gasteiger partial charge in [-0.1, -0.05) is 11.6 Å². The molecule has 94 valence electrons. The largest absolute Gasteiger partial charge is 0.362 e. The molecule has 0 aliphatic carbocycles. The first-order valence-corrected chi connectivity index (χ1v) is 6.00. The Balaban J connectivity index is 2.19. The van der Waals surface area contributed by atoms with Gasteiger partial charge in [-0.05, 0) is 46.3 Å². The van der Waals surface area contributed by atoms with E-state index >= 15 is 0 Å². The molecule has 0 radical (unpaired) electrons. The number of hydrogen-bond donors (Lipinski definition) is 0. The predicted octanol–water partition coefficient (Wildman–Crippen LogP) is 2.41. The number of fused-ring (bicyclic) bond motifs is 1. The molecule has 0 amide bonds. The van der Waals surface area contributed by atoms with E-state index in [0.717, 1.165) is 11.9 Å². The van der Waals surface area contributed by atoms with Crippen LogP contribution in [0.1, 0.15) is 34.6 Å². The molecule has 0 aromatic heterocycles. The summed E-state index contributed by atoms with van der Waals surface area (Å²) in [5.74, 6) is 0. The Labute approximate surface area is 102 Å². The van der Waals surface area contributed by atoms with Crippen molar-refractivity contribution < 1.29 is 14.3 Å². The Morgan fingerprint density at radius 1 is 1.18 bits per heavy atom. The van der Waals surface area contributed by atoms with Crippen molar-refractivity contribution in [1.29, 1.82) is 0 Å². The fraction of sp³-hybridized carbons (Fsp3) is 0.643. The van der Waals surface area contributed by atoms with Crippen molar-refractivity contribution in [2.45, 2.75) is 58.0 Å². The van der Waals surface area contributed by atoms with Crippen molar-refractivity contribution in [3.63, 3.8) is 0 Å². The van der Waals surface area contributed by atoms with Gasteiger partial charge in [0.25, 0.3) is 0 Å². The second kappa shape index (κ2) is 3.79. The highest BCUT2D eigenvalue weighted by Gasteiger charge is 2.70. The van der Waals surface area contributed by atoms with Gasteiger partial charge in [-0.2, -0.15) is 0 Å². The van der Waals surface area contributed by atoms with E-state index in [9.17, 15) is 4.79 Å². The van der Waals surface area contributed by atoms with Gasteiger partial charge in [0.2, 0.25) is 0 Å². The highest BCUT2D eigenvalue weighted by Crippen LogP contribution is 2.55. The number of ether oxygens (including phenoxy) is 2. The lowest BCUT2D eigenvalue weighted by molar-refractivity contribution is -0.104. The summed E-state index contributed by atoms with van der Waals surface area (Å²) in [4.78, 5) is 10.6. The van der Waals surface area contributed by atoms with Crippen LogP contribution >= 0.6 is 0 Å². The molecule has 0 aromatic rings. The zero-order chi connectivity index (χ0) is 12.8. The molecular weight excluding hydrogens is 216 g/mol. The zero-order valence-corrected chi connectivity index (χ0v) is 11.1. The Morgan fingerprint density at radius 2 is 1.82 bits per heavy atom. The van der Waals surface area contributed by atoms with E-state index in [4.69, 9.17) is 9.47 Å². The summed E-state index contributed by atoms with van der Waals surface area (Å²) in [5.41, 5.74) is 1.24. The van der Waals surface area contributed by atoms with Gasteiger partial charge in [0.05, 0.1) is 6.10 Å². The molecule has 2 fully saturated rings. The standard InChI is InChI=1S/C14H20O3/c1-9(6-10(2)8-15)7-13(4)12-14(5,17-12)11(3)16-13/h6-8,11-12H,1-5H3/b9-7+,10-6+/t11-,12+,13+,14-/m1/s1. The average Bonchev–Trinajstić information content (AvgIpc) is 2.87. The molecule has 0 unspecified atom stereocenters. The maximum atomic E-state index is 10.6. The molecule has 0 bridgehead atoms. The number of carbonyl (C=O) groups is 1. The molecule has 0 spiro atoms. The Kier molecular flexibility index (Phi) is 2.79. The Morgan fingerprint density at radius 3 is 2.24 bits per heavy atom. The van der Waals surface area contributed by atoms with Crippen molar-refractivity contribution in [1.82, 2.24) is 0 Å². The van der Waals surface area contributed by atoms with Crippen LogP contribution in [0, 0.1) is 0 Å². The third-order valence-electron chi connectivity index (χ3n) is 3.75. The fourth-order valence-corrected chi connectivity index (χ4v) is 2.77. The van der Waals surface area contributed by atoms with Crippen LogP contribution in [0.25, 0.3) is 0 Å². The molecule has 0 aromatic carbocycles. The molecule has 0 saturated carbocycles. The van der Waals surface area contributed by atoms with Crippen LogP contribution in [0.2, 0.25) is 0 Å². The monoisotopic (exact) mass is 236 g/mol. The lowest BCUT2D eigenvalue weighted by Gasteiger charge is -2.24. The molecule has 2 heterocycles. The molecule has 2 saturated heterocycles. The summed E-state index contributed by atoms with van der Waals surface area (Å²) in [6, 6.07) is 0. The Hall–Kier alpha value is -0.930. The first-order valence-electron chi connectivity index (χ1n) is 6.00. The highest BCUT2D eigenvalue weighted by atomic mass is 16.7. The topological polar surface area (TPSA) is 38.8 Å². The summed E-state index contributed by atoms with van der Waals surface area (Å²) in [5, 5.41) is 0. The maximum Gasteiger partial charge on any atom is 0.145 e. The highest BCUT2D eigenvalue weighted by molar-refractivity contribution is 5.73. The number of carbonyl (C=O) groups excluding carboxylic acids is 1. The molecule has 0 N–H and O–H groups in total. The lowest BCUT2D eigenvalue weighted by Crippen LogP contribution is -2.30. The van der Waals surface area contributed by atoms with Crippen molar-refractivity contribution in [2.75, 3.05) is 0 Å². The second-order valence-electron chi connectivity index (χ2n) is 5.52. The maximum absolute atomic E-state index is 10.6. The first kappa shape index (κ1) is 12.5. The SMILES string of the molecule is C/C(C=O)=C\C(C)=C\[C@]1(C)O[C@H](C)[C@@]2(C)O[C@H]21. The van der Waals surface area contributed by atoms with Crippen LogP contribution in [-0.2, 0) is 14.3 Å². The van der Waals surface area contributed by atoms with Gasteiger partial charge in [-0.3, -0.25) is 4.79 Å². The lowest BCUT2D eigenvalue weighted by atomic mass is 9.93. The zero-order valence-electron chi connectivity index (χ0n) is 11.1. The quantitative estimate of drug-likeness (QED) is 0.327. The van der Waals surface area contributed by atoms with Gasteiger partial charge in [-0.25, -0.2) is 0 Å². The first-order chi connectivity index (χ1) is 7.82. The average molecular weight is 236 g/mol. The van der Waals surface area contributed by atoms with Gasteiger partial charge in [-0.15, -0.1) is 0 Å². The summed E-state index contributed by atoms with van der Waals surface area (Å²) in [7, 11) is 0. The number of hydrogen-bond acceptors (Lipinski definition) is 3. The van der Waals surface area contributed by atoms with Gasteiger partial charge in [0.1, 0.15) is 23.6 Å². The third-order valence-corrected chi connectivity index (χ3v) is 3.75. The molecule has 4 atom stereocenters. The minimum absolute atomic E-state index is 0.109. The van der Waals surface area contributed by atoms with E-state index in [-0.39, 0.29) is 23.4 Å². The van der Waals surface area contributed by atoms with Gasteiger partial charge >= 0.3 is 0 Å². The predicted molar refractivity (Wildman–Crippen MR) is 65.8 cm³/mol. The van der Waals surface area contributed by atoms with E-state index in [0.29, 0.717) is 5.57 Å². The molecule has 2 aliphatic rings. The number of rotatable bonds is 3. The van der Waals surface area contributed by atoms with E-state index in [1.165, 1.54) is 0 Å². The van der Waals surface area contributed by atoms with Crippen molar-refractivity contribution in [2.24, 2.45) is 0 Å². The molecule has 2 aliphatic heterocycles. The summed E-state index contributed by atoms with van der Waals surface area (Å²) >= 11 is 0. The van der Waals surface area contributed by atoms with Crippen LogP contribution in [0.15, 0.2) is 23.3 Å². The van der Waals surface area contributed by atoms with Crippen molar-refractivity contribution in [3.05, 3.63) is 23.3 Å². The smallest absolute Gasteiger partial charge is 0.145 e. The molecule has 3 heteroatoms. The molecular formula is C14H20O3. The van der Waals surface area contributed by atoms with Gasteiger partial charge < -0.3 is 9.47 Å². The molecule has 3 nitrogen and oxygen atoms in total. The van der Waals surface area contributed by atoms with E-state index < -0.39 is 0 Å². The van der Waals surface area contributed by atoms with Crippen LogP contribution in [0.5, 0.6) is 0 Å². The van der Waals surface area contributed by atoms with Gasteiger partial charge in [0, 0.05) is 0 Å². The number of aldehydes is 1. The summed E-state index contributed by atoms with van der Waals surface area (Å²) in [6.45, 7) is 9.94. The molecule has 2 rings (SSSR count). The van der Waals surface area contributed by atoms with Crippen LogP contribution in [-0.4, -0.2) is 29.7 Å².